The van der Waals surface area contributed by atoms with Crippen molar-refractivity contribution in [3.63, 3.8) is 0 Å². The first-order chi connectivity index (χ1) is 13.4. The summed E-state index contributed by atoms with van der Waals surface area (Å²) in [6, 6.07) is 9.67. The van der Waals surface area contributed by atoms with Crippen molar-refractivity contribution >= 4 is 11.9 Å². The minimum Gasteiger partial charge on any atom is -0.481 e. The molecule has 0 aromatic heterocycles. The molecule has 0 heterocycles. The van der Waals surface area contributed by atoms with E-state index in [0.717, 1.165) is 5.56 Å². The third kappa shape index (κ3) is 8.37. The highest BCUT2D eigenvalue weighted by atomic mass is 16.5. The maximum absolute atomic E-state index is 12.4. The molecule has 0 spiro atoms. The molecule has 3 atom stereocenters. The molecule has 0 aliphatic rings. The Bertz CT molecular complexity index is 580. The lowest BCUT2D eigenvalue weighted by atomic mass is 9.83. The molecule has 1 aromatic rings. The Balaban J connectivity index is 2.57. The Morgan fingerprint density at radius 3 is 2.29 bits per heavy atom. The van der Waals surface area contributed by atoms with E-state index < -0.39 is 23.8 Å². The van der Waals surface area contributed by atoms with Gasteiger partial charge < -0.3 is 19.7 Å². The van der Waals surface area contributed by atoms with Crippen molar-refractivity contribution in [3.05, 3.63) is 35.9 Å². The number of carbonyl (C=O) groups is 2. The van der Waals surface area contributed by atoms with Crippen molar-refractivity contribution in [2.24, 2.45) is 11.8 Å². The number of methoxy groups -OCH3 is 1. The summed E-state index contributed by atoms with van der Waals surface area (Å²) in [5.41, 5.74) is 1.05. The van der Waals surface area contributed by atoms with Gasteiger partial charge in [-0.05, 0) is 17.9 Å². The highest BCUT2D eigenvalue weighted by molar-refractivity contribution is 5.80. The molecule has 7 nitrogen and oxygen atoms in total. The van der Waals surface area contributed by atoms with Gasteiger partial charge in [0.2, 0.25) is 0 Å². The minimum absolute atomic E-state index is 0.00647. The summed E-state index contributed by atoms with van der Waals surface area (Å²) in [6.07, 6.45) is 0.361. The number of nitrogens with zero attached hydrogens (tertiary/aromatic N) is 1. The second-order valence-electron chi connectivity index (χ2n) is 7.01. The van der Waals surface area contributed by atoms with Crippen LogP contribution < -0.4 is 0 Å². The smallest absolute Gasteiger partial charge is 0.309 e. The average Bonchev–Trinajstić information content (AvgIpc) is 2.69. The van der Waals surface area contributed by atoms with Crippen molar-refractivity contribution in [1.82, 2.24) is 4.90 Å². The van der Waals surface area contributed by atoms with E-state index in [4.69, 9.17) is 14.6 Å². The van der Waals surface area contributed by atoms with Gasteiger partial charge in [-0.1, -0.05) is 44.2 Å². The molecule has 0 saturated carbocycles. The molecule has 7 heteroatoms. The van der Waals surface area contributed by atoms with Crippen LogP contribution in [0, 0.1) is 11.8 Å². The normalized spacial score (nSPS) is 14.5. The summed E-state index contributed by atoms with van der Waals surface area (Å²) in [7, 11) is 1.60. The zero-order valence-electron chi connectivity index (χ0n) is 17.0. The van der Waals surface area contributed by atoms with Gasteiger partial charge in [0, 0.05) is 26.7 Å². The first kappa shape index (κ1) is 24.1. The summed E-state index contributed by atoms with van der Waals surface area (Å²) in [4.78, 5) is 26.0. The van der Waals surface area contributed by atoms with Gasteiger partial charge in [0.15, 0.2) is 0 Å². The molecule has 1 aromatic carbocycles. The Labute approximate surface area is 167 Å². The van der Waals surface area contributed by atoms with E-state index in [9.17, 15) is 14.7 Å². The highest BCUT2D eigenvalue weighted by Crippen LogP contribution is 2.28. The third-order valence-corrected chi connectivity index (χ3v) is 4.95. The number of benzene rings is 1. The van der Waals surface area contributed by atoms with Crippen LogP contribution in [0.25, 0.3) is 0 Å². The van der Waals surface area contributed by atoms with E-state index in [1.54, 1.807) is 14.0 Å². The monoisotopic (exact) mass is 395 g/mol. The predicted molar refractivity (Wildman–Crippen MR) is 106 cm³/mol. The molecule has 0 bridgehead atoms. The number of aliphatic hydroxyl groups is 1. The molecule has 1 rings (SSSR count). The second kappa shape index (κ2) is 13.3. The SMILES string of the molecule is COCCN(CCO)CCOC(=O)C(C)C(CC(C)c1ccccc1)C(=O)O. The molecule has 0 aliphatic carbocycles. The topological polar surface area (TPSA) is 96.3 Å². The van der Waals surface area contributed by atoms with E-state index in [2.05, 4.69) is 0 Å². The van der Waals surface area contributed by atoms with Gasteiger partial charge in [-0.15, -0.1) is 0 Å². The van der Waals surface area contributed by atoms with E-state index in [0.29, 0.717) is 32.7 Å². The lowest BCUT2D eigenvalue weighted by molar-refractivity contribution is -0.157. The number of ether oxygens (including phenoxy) is 2. The lowest BCUT2D eigenvalue weighted by Gasteiger charge is -2.24. The standard InChI is InChI=1S/C21H33NO6/c1-16(18-7-5-4-6-8-18)15-19(20(24)25)17(2)21(26)28-14-11-22(9-12-23)10-13-27-3/h4-8,16-17,19,23H,9-15H2,1-3H3,(H,24,25). The van der Waals surface area contributed by atoms with Crippen LogP contribution in [0.3, 0.4) is 0 Å². The number of hydrogen-bond acceptors (Lipinski definition) is 6. The summed E-state index contributed by atoms with van der Waals surface area (Å²) in [5.74, 6) is -3.04. The largest absolute Gasteiger partial charge is 0.481 e. The molecular formula is C21H33NO6. The maximum atomic E-state index is 12.4. The van der Waals surface area contributed by atoms with Crippen molar-refractivity contribution < 1.29 is 29.3 Å². The van der Waals surface area contributed by atoms with Crippen molar-refractivity contribution in [2.45, 2.75) is 26.2 Å². The summed E-state index contributed by atoms with van der Waals surface area (Å²) < 4.78 is 10.3. The lowest BCUT2D eigenvalue weighted by Crippen LogP contribution is -2.35. The summed E-state index contributed by atoms with van der Waals surface area (Å²) in [6.45, 7) is 5.78. The van der Waals surface area contributed by atoms with Gasteiger partial charge in [0.05, 0.1) is 25.0 Å². The fraction of sp³-hybridized carbons (Fsp3) is 0.619. The molecule has 0 radical (unpaired) electrons. The zero-order valence-corrected chi connectivity index (χ0v) is 17.0. The van der Waals surface area contributed by atoms with Crippen LogP contribution in [0.1, 0.15) is 31.7 Å². The first-order valence-corrected chi connectivity index (χ1v) is 9.67. The van der Waals surface area contributed by atoms with Gasteiger partial charge in [-0.25, -0.2) is 0 Å². The van der Waals surface area contributed by atoms with Gasteiger partial charge in [0.25, 0.3) is 0 Å². The van der Waals surface area contributed by atoms with Gasteiger partial charge >= 0.3 is 11.9 Å². The third-order valence-electron chi connectivity index (χ3n) is 4.95. The molecule has 28 heavy (non-hydrogen) atoms. The molecule has 3 unspecified atom stereocenters. The van der Waals surface area contributed by atoms with E-state index in [1.165, 1.54) is 0 Å². The number of carbonyl (C=O) groups excluding carboxylic acids is 1. The van der Waals surface area contributed by atoms with E-state index >= 15 is 0 Å². The van der Waals surface area contributed by atoms with Crippen molar-refractivity contribution in [2.75, 3.05) is 46.6 Å². The van der Waals surface area contributed by atoms with Crippen LogP contribution in [-0.2, 0) is 19.1 Å². The first-order valence-electron chi connectivity index (χ1n) is 9.67. The Kier molecular flexibility index (Phi) is 11.4. The number of aliphatic carboxylic acids is 1. The average molecular weight is 395 g/mol. The maximum Gasteiger partial charge on any atom is 0.309 e. The van der Waals surface area contributed by atoms with Crippen LogP contribution in [-0.4, -0.2) is 73.6 Å². The Hall–Kier alpha value is -1.96. The molecule has 2 N–H and O–H groups in total. The number of rotatable bonds is 14. The fourth-order valence-electron chi connectivity index (χ4n) is 3.09. The Morgan fingerprint density at radius 1 is 1.07 bits per heavy atom. The predicted octanol–water partition coefficient (Wildman–Crippen LogP) is 2.00. The molecule has 158 valence electrons. The van der Waals surface area contributed by atoms with Gasteiger partial charge in [-0.3, -0.25) is 14.5 Å². The molecule has 0 aliphatic heterocycles. The second-order valence-corrected chi connectivity index (χ2v) is 7.01. The van der Waals surface area contributed by atoms with Crippen LogP contribution in [0.2, 0.25) is 0 Å². The van der Waals surface area contributed by atoms with E-state index in [1.807, 2.05) is 42.2 Å². The van der Waals surface area contributed by atoms with Crippen molar-refractivity contribution in [1.29, 1.82) is 0 Å². The number of carboxylic acid groups (broad SMARTS) is 1. The number of hydrogen-bond donors (Lipinski definition) is 2. The van der Waals surface area contributed by atoms with Crippen LogP contribution in [0.4, 0.5) is 0 Å². The molecular weight excluding hydrogens is 362 g/mol. The number of esters is 1. The summed E-state index contributed by atoms with van der Waals surface area (Å²) >= 11 is 0. The number of aliphatic hydroxyl groups excluding tert-OH is 1. The number of carboxylic acids is 1. The highest BCUT2D eigenvalue weighted by Gasteiger charge is 2.32. The zero-order chi connectivity index (χ0) is 20.9. The van der Waals surface area contributed by atoms with Gasteiger partial charge in [-0.2, -0.15) is 0 Å². The Morgan fingerprint density at radius 2 is 1.71 bits per heavy atom. The van der Waals surface area contributed by atoms with Crippen LogP contribution in [0.5, 0.6) is 0 Å². The summed E-state index contributed by atoms with van der Waals surface area (Å²) in [5, 5.41) is 18.7. The van der Waals surface area contributed by atoms with E-state index in [-0.39, 0.29) is 19.1 Å². The van der Waals surface area contributed by atoms with Crippen molar-refractivity contribution in [3.8, 4) is 0 Å². The van der Waals surface area contributed by atoms with Crippen LogP contribution >= 0.6 is 0 Å². The van der Waals surface area contributed by atoms with Gasteiger partial charge in [0.1, 0.15) is 6.61 Å². The fourth-order valence-corrected chi connectivity index (χ4v) is 3.09. The molecule has 0 saturated heterocycles. The molecule has 0 amide bonds. The minimum atomic E-state index is -0.991. The quantitative estimate of drug-likeness (QED) is 0.465. The van der Waals surface area contributed by atoms with Crippen LogP contribution in [0.15, 0.2) is 30.3 Å². The molecule has 0 fully saturated rings.